The van der Waals surface area contributed by atoms with Crippen LogP contribution in [-0.4, -0.2) is 50.1 Å². The molecule has 3 heterocycles. The van der Waals surface area contributed by atoms with Crippen LogP contribution in [-0.2, 0) is 11.2 Å². The number of aryl methyl sites for hydroxylation is 2. The fourth-order valence-corrected chi connectivity index (χ4v) is 3.12. The number of nitrogens with zero attached hydrogens (tertiary/aromatic N) is 4. The molecule has 1 amide bonds. The zero-order chi connectivity index (χ0) is 14.8. The minimum absolute atomic E-state index is 0.0378. The van der Waals surface area contributed by atoms with Crippen LogP contribution >= 0.6 is 11.5 Å². The molecule has 2 aromatic heterocycles. The van der Waals surface area contributed by atoms with Crippen molar-refractivity contribution in [3.8, 4) is 0 Å². The van der Waals surface area contributed by atoms with Crippen molar-refractivity contribution < 1.29 is 9.53 Å². The Bertz CT molecular complexity index is 638. The highest BCUT2D eigenvalue weighted by molar-refractivity contribution is 7.08. The summed E-state index contributed by atoms with van der Waals surface area (Å²) >= 11 is 1.15. The maximum Gasteiger partial charge on any atom is 0.268 e. The Labute approximate surface area is 126 Å². The summed E-state index contributed by atoms with van der Waals surface area (Å²) in [7, 11) is 0. The molecule has 112 valence electrons. The number of morpholine rings is 1. The Balaban J connectivity index is 1.89. The van der Waals surface area contributed by atoms with Gasteiger partial charge in [0.15, 0.2) is 0 Å². The molecule has 7 nitrogen and oxygen atoms in total. The van der Waals surface area contributed by atoms with Crippen LogP contribution in [0.2, 0.25) is 0 Å². The van der Waals surface area contributed by atoms with Crippen molar-refractivity contribution in [2.45, 2.75) is 26.3 Å². The van der Waals surface area contributed by atoms with Gasteiger partial charge < -0.3 is 14.6 Å². The Morgan fingerprint density at radius 3 is 3.19 bits per heavy atom. The number of imidazole rings is 1. The predicted octanol–water partition coefficient (Wildman–Crippen LogP) is 1.35. The number of carbonyl (C=O) groups excluding carboxylic acids is 1. The predicted molar refractivity (Wildman–Crippen MR) is 77.2 cm³/mol. The highest BCUT2D eigenvalue weighted by Crippen LogP contribution is 2.25. The van der Waals surface area contributed by atoms with Crippen molar-refractivity contribution in [1.82, 2.24) is 24.5 Å². The van der Waals surface area contributed by atoms with Crippen LogP contribution in [0.15, 0.2) is 6.20 Å². The third-order valence-electron chi connectivity index (χ3n) is 3.51. The largest absolute Gasteiger partial charge is 0.377 e. The fraction of sp³-hybridized carbons (Fsp3) is 0.538. The van der Waals surface area contributed by atoms with Crippen molar-refractivity contribution in [2.24, 2.45) is 0 Å². The van der Waals surface area contributed by atoms with E-state index >= 15 is 0 Å². The number of carbonyl (C=O) groups is 1. The molecule has 1 saturated heterocycles. The molecule has 1 aliphatic rings. The van der Waals surface area contributed by atoms with Gasteiger partial charge in [0.2, 0.25) is 0 Å². The number of amides is 1. The third-order valence-corrected chi connectivity index (χ3v) is 4.27. The summed E-state index contributed by atoms with van der Waals surface area (Å²) in [6.45, 7) is 5.45. The molecule has 2 aromatic rings. The van der Waals surface area contributed by atoms with E-state index in [2.05, 4.69) is 19.6 Å². The van der Waals surface area contributed by atoms with E-state index in [1.165, 1.54) is 0 Å². The molecule has 1 fully saturated rings. The van der Waals surface area contributed by atoms with E-state index < -0.39 is 0 Å². The van der Waals surface area contributed by atoms with Crippen LogP contribution in [0.4, 0.5) is 0 Å². The number of H-pyrrole nitrogens is 1. The summed E-state index contributed by atoms with van der Waals surface area (Å²) in [5, 5.41) is 4.02. The topological polar surface area (TPSA) is 84.0 Å². The number of rotatable bonds is 3. The van der Waals surface area contributed by atoms with Crippen LogP contribution in [0.3, 0.4) is 0 Å². The van der Waals surface area contributed by atoms with Crippen LogP contribution in [0.1, 0.15) is 39.8 Å². The number of hydrogen-bond acceptors (Lipinski definition) is 6. The molecule has 8 heteroatoms. The number of aromatic amines is 1. The van der Waals surface area contributed by atoms with Gasteiger partial charge in [-0.1, -0.05) is 11.4 Å². The molecule has 1 atom stereocenters. The highest BCUT2D eigenvalue weighted by atomic mass is 32.1. The molecule has 3 rings (SSSR count). The number of hydrogen-bond donors (Lipinski definition) is 1. The van der Waals surface area contributed by atoms with Gasteiger partial charge in [0.1, 0.15) is 16.7 Å². The number of ether oxygens (including phenoxy) is 1. The first-order valence-corrected chi connectivity index (χ1v) is 7.69. The van der Waals surface area contributed by atoms with E-state index in [9.17, 15) is 4.79 Å². The van der Waals surface area contributed by atoms with Gasteiger partial charge in [-0.15, -0.1) is 5.10 Å². The maximum absolute atomic E-state index is 12.8. The molecule has 0 unspecified atom stereocenters. The summed E-state index contributed by atoms with van der Waals surface area (Å²) in [4.78, 5) is 22.7. The van der Waals surface area contributed by atoms with Gasteiger partial charge in [-0.25, -0.2) is 4.98 Å². The number of nitrogens with one attached hydrogen (secondary N) is 1. The second-order valence-electron chi connectivity index (χ2n) is 4.94. The average Bonchev–Trinajstić information content (AvgIpc) is 3.15. The van der Waals surface area contributed by atoms with E-state index in [-0.39, 0.29) is 11.9 Å². The Kier molecular flexibility index (Phi) is 3.98. The van der Waals surface area contributed by atoms with Gasteiger partial charge in [-0.3, -0.25) is 4.79 Å². The van der Waals surface area contributed by atoms with Gasteiger partial charge in [-0.05, 0) is 24.9 Å². The van der Waals surface area contributed by atoms with Crippen LogP contribution in [0.25, 0.3) is 0 Å². The number of aromatic nitrogens is 4. The minimum Gasteiger partial charge on any atom is -0.377 e. The normalized spacial score (nSPS) is 19.0. The lowest BCUT2D eigenvalue weighted by Crippen LogP contribution is -2.43. The van der Waals surface area contributed by atoms with Crippen molar-refractivity contribution in [1.29, 1.82) is 0 Å². The molecular formula is C13H17N5O2S. The Hall–Kier alpha value is -1.80. The molecule has 0 radical (unpaired) electrons. The van der Waals surface area contributed by atoms with E-state index in [4.69, 9.17) is 4.74 Å². The van der Waals surface area contributed by atoms with Crippen molar-refractivity contribution in [3.63, 3.8) is 0 Å². The molecule has 0 spiro atoms. The van der Waals surface area contributed by atoms with Crippen molar-refractivity contribution >= 4 is 17.4 Å². The molecule has 0 aromatic carbocycles. The molecule has 1 aliphatic heterocycles. The Morgan fingerprint density at radius 1 is 1.62 bits per heavy atom. The summed E-state index contributed by atoms with van der Waals surface area (Å²) in [5.74, 6) is 0.722. The first-order chi connectivity index (χ1) is 10.2. The zero-order valence-corrected chi connectivity index (χ0v) is 12.8. The molecule has 0 saturated carbocycles. The van der Waals surface area contributed by atoms with Crippen LogP contribution in [0.5, 0.6) is 0 Å². The Morgan fingerprint density at radius 2 is 2.48 bits per heavy atom. The second-order valence-corrected chi connectivity index (χ2v) is 5.70. The van der Waals surface area contributed by atoms with Gasteiger partial charge in [0.05, 0.1) is 18.9 Å². The quantitative estimate of drug-likeness (QED) is 0.925. The first kappa shape index (κ1) is 14.2. The monoisotopic (exact) mass is 307 g/mol. The fourth-order valence-electron chi connectivity index (χ4n) is 2.41. The van der Waals surface area contributed by atoms with Gasteiger partial charge >= 0.3 is 0 Å². The molecule has 1 N–H and O–H groups in total. The second kappa shape index (κ2) is 5.90. The van der Waals surface area contributed by atoms with Crippen molar-refractivity contribution in [3.05, 3.63) is 28.3 Å². The lowest BCUT2D eigenvalue weighted by molar-refractivity contribution is -0.00481. The van der Waals surface area contributed by atoms with E-state index in [0.29, 0.717) is 31.1 Å². The zero-order valence-electron chi connectivity index (χ0n) is 12.0. The molecule has 0 bridgehead atoms. The van der Waals surface area contributed by atoms with Gasteiger partial charge in [0.25, 0.3) is 5.91 Å². The summed E-state index contributed by atoms with van der Waals surface area (Å²) < 4.78 is 9.42. The van der Waals surface area contributed by atoms with Crippen LogP contribution < -0.4 is 0 Å². The summed E-state index contributed by atoms with van der Waals surface area (Å²) in [6, 6.07) is -0.188. The SMILES string of the molecule is CCc1nnsc1C(=O)N1CCOC[C@H]1c1ncc(C)[nH]1. The van der Waals surface area contributed by atoms with E-state index in [1.807, 2.05) is 13.8 Å². The van der Waals surface area contributed by atoms with Gasteiger partial charge in [-0.2, -0.15) is 0 Å². The van der Waals surface area contributed by atoms with Crippen molar-refractivity contribution in [2.75, 3.05) is 19.8 Å². The van der Waals surface area contributed by atoms with Gasteiger partial charge in [0, 0.05) is 18.4 Å². The average molecular weight is 307 g/mol. The first-order valence-electron chi connectivity index (χ1n) is 6.92. The molecule has 0 aliphatic carbocycles. The lowest BCUT2D eigenvalue weighted by Gasteiger charge is -2.34. The molecular weight excluding hydrogens is 290 g/mol. The van der Waals surface area contributed by atoms with E-state index in [1.54, 1.807) is 11.1 Å². The third kappa shape index (κ3) is 2.68. The standard InChI is InChI=1S/C13H17N5O2S/c1-3-9-11(21-17-16-9)13(19)18-4-5-20-7-10(18)12-14-6-8(2)15-12/h6,10H,3-5,7H2,1-2H3,(H,14,15)/t10-/m0/s1. The minimum atomic E-state index is -0.188. The smallest absolute Gasteiger partial charge is 0.268 e. The summed E-state index contributed by atoms with van der Waals surface area (Å²) in [5.41, 5.74) is 1.72. The molecule has 21 heavy (non-hydrogen) atoms. The highest BCUT2D eigenvalue weighted by Gasteiger charge is 2.33. The van der Waals surface area contributed by atoms with Crippen LogP contribution in [0, 0.1) is 6.92 Å². The maximum atomic E-state index is 12.8. The summed E-state index contributed by atoms with van der Waals surface area (Å²) in [6.07, 6.45) is 2.46. The lowest BCUT2D eigenvalue weighted by atomic mass is 10.2. The van der Waals surface area contributed by atoms with E-state index in [0.717, 1.165) is 28.7 Å².